The van der Waals surface area contributed by atoms with E-state index in [1.165, 1.54) is 0 Å². The van der Waals surface area contributed by atoms with Crippen molar-refractivity contribution in [3.63, 3.8) is 0 Å². The van der Waals surface area contributed by atoms with Gasteiger partial charge in [-0.1, -0.05) is 0 Å². The van der Waals surface area contributed by atoms with Gasteiger partial charge in [-0.2, -0.15) is 0 Å². The highest BCUT2D eigenvalue weighted by Crippen LogP contribution is 2.21. The molecule has 0 radical (unpaired) electrons. The SMILES string of the molecule is CC(C)OCCNc1nc(C(=O)O)ccc1[N+](=O)[O-]. The summed E-state index contributed by atoms with van der Waals surface area (Å²) < 4.78 is 5.27. The van der Waals surface area contributed by atoms with E-state index < -0.39 is 10.9 Å². The molecule has 0 saturated heterocycles. The molecular weight excluding hydrogens is 254 g/mol. The molecule has 2 N–H and O–H groups in total. The molecule has 1 aromatic heterocycles. The van der Waals surface area contributed by atoms with E-state index in [2.05, 4.69) is 10.3 Å². The molecule has 0 fully saturated rings. The molecule has 8 nitrogen and oxygen atoms in total. The maximum atomic E-state index is 10.8. The topological polar surface area (TPSA) is 115 Å². The van der Waals surface area contributed by atoms with Gasteiger partial charge in [0.2, 0.25) is 5.82 Å². The van der Waals surface area contributed by atoms with Gasteiger partial charge >= 0.3 is 11.7 Å². The van der Waals surface area contributed by atoms with Crippen LogP contribution in [0.3, 0.4) is 0 Å². The lowest BCUT2D eigenvalue weighted by atomic mass is 10.3. The number of nitrogens with one attached hydrogen (secondary N) is 1. The summed E-state index contributed by atoms with van der Waals surface area (Å²) >= 11 is 0. The Bertz CT molecular complexity index is 475. The third-order valence-corrected chi connectivity index (χ3v) is 2.14. The molecule has 0 aromatic carbocycles. The van der Waals surface area contributed by atoms with Crippen molar-refractivity contribution >= 4 is 17.5 Å². The Morgan fingerprint density at radius 2 is 2.26 bits per heavy atom. The van der Waals surface area contributed by atoms with Crippen LogP contribution in [-0.4, -0.2) is 40.2 Å². The normalized spacial score (nSPS) is 10.5. The highest BCUT2D eigenvalue weighted by Gasteiger charge is 2.17. The fourth-order valence-corrected chi connectivity index (χ4v) is 1.31. The standard InChI is InChI=1S/C11H15N3O5/c1-7(2)19-6-5-12-10-9(14(17)18)4-3-8(13-10)11(15)16/h3-4,7H,5-6H2,1-2H3,(H,12,13)(H,15,16). The molecule has 1 rings (SSSR count). The predicted molar refractivity (Wildman–Crippen MR) is 67.4 cm³/mol. The number of ether oxygens (including phenoxy) is 1. The Balaban J connectivity index is 2.80. The van der Waals surface area contributed by atoms with Crippen LogP contribution in [0, 0.1) is 10.1 Å². The number of aromatic carboxylic acids is 1. The quantitative estimate of drug-likeness (QED) is 0.438. The third kappa shape index (κ3) is 4.51. The maximum absolute atomic E-state index is 10.8. The van der Waals surface area contributed by atoms with Gasteiger partial charge in [0.15, 0.2) is 5.69 Å². The van der Waals surface area contributed by atoms with Crippen molar-refractivity contribution in [1.29, 1.82) is 0 Å². The first-order valence-electron chi connectivity index (χ1n) is 5.66. The Morgan fingerprint density at radius 1 is 1.58 bits per heavy atom. The minimum atomic E-state index is -1.24. The number of pyridine rings is 1. The van der Waals surface area contributed by atoms with E-state index in [9.17, 15) is 14.9 Å². The predicted octanol–water partition coefficient (Wildman–Crippen LogP) is 1.52. The van der Waals surface area contributed by atoms with Crippen LogP contribution in [-0.2, 0) is 4.74 Å². The van der Waals surface area contributed by atoms with Gasteiger partial charge in [-0.3, -0.25) is 10.1 Å². The Kier molecular flexibility index (Phi) is 5.19. The smallest absolute Gasteiger partial charge is 0.354 e. The summed E-state index contributed by atoms with van der Waals surface area (Å²) in [7, 11) is 0. The molecule has 0 aliphatic heterocycles. The first-order chi connectivity index (χ1) is 8.91. The number of nitrogens with zero attached hydrogens (tertiary/aromatic N) is 2. The number of aromatic nitrogens is 1. The highest BCUT2D eigenvalue weighted by molar-refractivity contribution is 5.86. The van der Waals surface area contributed by atoms with Crippen LogP contribution in [0.2, 0.25) is 0 Å². The summed E-state index contributed by atoms with van der Waals surface area (Å²) in [6, 6.07) is 2.21. The number of hydrogen-bond acceptors (Lipinski definition) is 6. The van der Waals surface area contributed by atoms with Crippen LogP contribution in [0.1, 0.15) is 24.3 Å². The van der Waals surface area contributed by atoms with Crippen LogP contribution in [0.15, 0.2) is 12.1 Å². The van der Waals surface area contributed by atoms with Crippen LogP contribution in [0.5, 0.6) is 0 Å². The van der Waals surface area contributed by atoms with Gasteiger partial charge < -0.3 is 15.2 Å². The van der Waals surface area contributed by atoms with Gasteiger partial charge in [-0.25, -0.2) is 9.78 Å². The van der Waals surface area contributed by atoms with E-state index in [-0.39, 0.29) is 23.3 Å². The summed E-state index contributed by atoms with van der Waals surface area (Å²) in [6.45, 7) is 4.38. The van der Waals surface area contributed by atoms with Crippen molar-refractivity contribution < 1.29 is 19.6 Å². The van der Waals surface area contributed by atoms with E-state index >= 15 is 0 Å². The number of nitro groups is 1. The lowest BCUT2D eigenvalue weighted by Gasteiger charge is -2.09. The lowest BCUT2D eigenvalue weighted by molar-refractivity contribution is -0.384. The van der Waals surface area contributed by atoms with Crippen LogP contribution in [0.4, 0.5) is 11.5 Å². The average molecular weight is 269 g/mol. The minimum Gasteiger partial charge on any atom is -0.477 e. The number of carboxylic acid groups (broad SMARTS) is 1. The van der Waals surface area contributed by atoms with E-state index in [4.69, 9.17) is 9.84 Å². The number of carbonyl (C=O) groups is 1. The monoisotopic (exact) mass is 269 g/mol. The maximum Gasteiger partial charge on any atom is 0.354 e. The fourth-order valence-electron chi connectivity index (χ4n) is 1.31. The largest absolute Gasteiger partial charge is 0.477 e. The first kappa shape index (κ1) is 14.8. The van der Waals surface area contributed by atoms with Crippen molar-refractivity contribution in [1.82, 2.24) is 4.98 Å². The van der Waals surface area contributed by atoms with Crippen LogP contribution >= 0.6 is 0 Å². The lowest BCUT2D eigenvalue weighted by Crippen LogP contribution is -2.15. The van der Waals surface area contributed by atoms with E-state index in [1.807, 2.05) is 13.8 Å². The molecule has 104 valence electrons. The minimum absolute atomic E-state index is 0.0510. The first-order valence-corrected chi connectivity index (χ1v) is 5.66. The van der Waals surface area contributed by atoms with E-state index in [1.54, 1.807) is 0 Å². The van der Waals surface area contributed by atoms with Crippen molar-refractivity contribution in [3.8, 4) is 0 Å². The Hall–Kier alpha value is -2.22. The molecule has 0 spiro atoms. The molecule has 0 unspecified atom stereocenters. The molecule has 0 atom stereocenters. The highest BCUT2D eigenvalue weighted by atomic mass is 16.6. The Labute approximate surface area is 109 Å². The molecular formula is C11H15N3O5. The van der Waals surface area contributed by atoms with Crippen molar-refractivity contribution in [2.24, 2.45) is 0 Å². The summed E-state index contributed by atoms with van der Waals surface area (Å²) in [5, 5.41) is 22.3. The van der Waals surface area contributed by atoms with Gasteiger partial charge in [0, 0.05) is 12.6 Å². The zero-order valence-corrected chi connectivity index (χ0v) is 10.6. The summed E-state index contributed by atoms with van der Waals surface area (Å²) in [4.78, 5) is 24.6. The number of rotatable bonds is 7. The van der Waals surface area contributed by atoms with Gasteiger partial charge in [0.25, 0.3) is 0 Å². The number of carboxylic acids is 1. The second-order valence-corrected chi connectivity index (χ2v) is 3.97. The molecule has 1 heterocycles. The molecule has 0 bridgehead atoms. The van der Waals surface area contributed by atoms with Crippen LogP contribution < -0.4 is 5.32 Å². The average Bonchev–Trinajstić information content (AvgIpc) is 2.33. The van der Waals surface area contributed by atoms with Crippen molar-refractivity contribution in [3.05, 3.63) is 27.9 Å². The second kappa shape index (κ2) is 6.64. The van der Waals surface area contributed by atoms with Crippen LogP contribution in [0.25, 0.3) is 0 Å². The van der Waals surface area contributed by atoms with Gasteiger partial charge in [0.1, 0.15) is 0 Å². The summed E-state index contributed by atoms with van der Waals surface area (Å²) in [5.41, 5.74) is -0.521. The molecule has 8 heteroatoms. The molecule has 1 aromatic rings. The van der Waals surface area contributed by atoms with Gasteiger partial charge in [-0.15, -0.1) is 0 Å². The second-order valence-electron chi connectivity index (χ2n) is 3.97. The molecule has 0 saturated carbocycles. The number of anilines is 1. The molecule has 19 heavy (non-hydrogen) atoms. The third-order valence-electron chi connectivity index (χ3n) is 2.14. The van der Waals surface area contributed by atoms with Gasteiger partial charge in [0.05, 0.1) is 17.6 Å². The molecule has 0 aliphatic rings. The number of hydrogen-bond donors (Lipinski definition) is 2. The van der Waals surface area contributed by atoms with Crippen molar-refractivity contribution in [2.45, 2.75) is 20.0 Å². The Morgan fingerprint density at radius 3 is 2.79 bits per heavy atom. The zero-order chi connectivity index (χ0) is 14.4. The summed E-state index contributed by atoms with van der Waals surface area (Å²) in [5.74, 6) is -1.31. The van der Waals surface area contributed by atoms with Crippen molar-refractivity contribution in [2.75, 3.05) is 18.5 Å². The summed E-state index contributed by atoms with van der Waals surface area (Å²) in [6.07, 6.45) is 0.0510. The fraction of sp³-hybridized carbons (Fsp3) is 0.455. The zero-order valence-electron chi connectivity index (χ0n) is 10.6. The molecule has 0 aliphatic carbocycles. The van der Waals surface area contributed by atoms with E-state index in [0.717, 1.165) is 12.1 Å². The van der Waals surface area contributed by atoms with Gasteiger partial charge in [-0.05, 0) is 19.9 Å². The molecule has 0 amide bonds. The van der Waals surface area contributed by atoms with E-state index in [0.29, 0.717) is 13.2 Å².